The van der Waals surface area contributed by atoms with Crippen LogP contribution in [0.2, 0.25) is 0 Å². The molecule has 0 amide bonds. The van der Waals surface area contributed by atoms with Crippen molar-refractivity contribution in [2.75, 3.05) is 13.1 Å². The summed E-state index contributed by atoms with van der Waals surface area (Å²) in [5, 5.41) is 7.11. The lowest BCUT2D eigenvalue weighted by atomic mass is 9.97. The van der Waals surface area contributed by atoms with Crippen LogP contribution in [-0.2, 0) is 5.54 Å². The third-order valence-electron chi connectivity index (χ3n) is 3.67. The van der Waals surface area contributed by atoms with E-state index in [1.54, 1.807) is 0 Å². The maximum atomic E-state index is 3.80. The van der Waals surface area contributed by atoms with Crippen LogP contribution in [0.25, 0.3) is 0 Å². The van der Waals surface area contributed by atoms with Crippen molar-refractivity contribution in [2.24, 2.45) is 0 Å². The van der Waals surface area contributed by atoms with Gasteiger partial charge >= 0.3 is 0 Å². The predicted molar refractivity (Wildman–Crippen MR) is 61.9 cm³/mol. The number of hydrogen-bond acceptors (Lipinski definition) is 2. The molecule has 2 aliphatic rings. The van der Waals surface area contributed by atoms with E-state index in [0.717, 1.165) is 13.1 Å². The number of aryl methyl sites for hydroxylation is 1. The molecular formula is C13H18N2. The lowest BCUT2D eigenvalue weighted by Crippen LogP contribution is -2.58. The molecule has 1 saturated carbocycles. The molecule has 1 heterocycles. The van der Waals surface area contributed by atoms with Gasteiger partial charge in [0.1, 0.15) is 0 Å². The van der Waals surface area contributed by atoms with Crippen LogP contribution in [0.3, 0.4) is 0 Å². The lowest BCUT2D eigenvalue weighted by Gasteiger charge is -2.33. The van der Waals surface area contributed by atoms with E-state index in [2.05, 4.69) is 41.8 Å². The number of benzene rings is 1. The maximum Gasteiger partial charge on any atom is 0.0441 e. The molecule has 1 aliphatic heterocycles. The Labute approximate surface area is 91.1 Å². The summed E-state index contributed by atoms with van der Waals surface area (Å²) in [6.45, 7) is 4.48. The predicted octanol–water partition coefficient (Wildman–Crippen LogP) is 1.55. The molecule has 2 nitrogen and oxygen atoms in total. The van der Waals surface area contributed by atoms with E-state index in [1.807, 2.05) is 0 Å². The average molecular weight is 202 g/mol. The molecule has 0 radical (unpaired) electrons. The van der Waals surface area contributed by atoms with Gasteiger partial charge in [-0.05, 0) is 30.9 Å². The van der Waals surface area contributed by atoms with Gasteiger partial charge in [-0.1, -0.05) is 24.3 Å². The Morgan fingerprint density at radius 1 is 1.27 bits per heavy atom. The van der Waals surface area contributed by atoms with Crippen molar-refractivity contribution in [3.8, 4) is 0 Å². The molecule has 0 bridgehead atoms. The minimum absolute atomic E-state index is 0.318. The molecule has 0 unspecified atom stereocenters. The quantitative estimate of drug-likeness (QED) is 0.777. The van der Waals surface area contributed by atoms with Gasteiger partial charge in [-0.3, -0.25) is 0 Å². The standard InChI is InChI=1S/C13H18N2/c1-10-4-2-3-5-12(10)13(6-7-13)15-11-8-14-9-11/h2-5,11,14-15H,6-9H2,1H3. The Kier molecular flexibility index (Phi) is 2.08. The number of nitrogens with one attached hydrogen (secondary N) is 2. The molecule has 0 aromatic heterocycles. The minimum atomic E-state index is 0.318. The highest BCUT2D eigenvalue weighted by Gasteiger charge is 2.46. The summed E-state index contributed by atoms with van der Waals surface area (Å²) in [5.74, 6) is 0. The van der Waals surface area contributed by atoms with Crippen LogP contribution in [0, 0.1) is 6.92 Å². The molecule has 80 valence electrons. The van der Waals surface area contributed by atoms with Crippen LogP contribution in [0.1, 0.15) is 24.0 Å². The Hall–Kier alpha value is -0.860. The van der Waals surface area contributed by atoms with E-state index in [0.29, 0.717) is 11.6 Å². The second-order valence-electron chi connectivity index (χ2n) is 4.90. The van der Waals surface area contributed by atoms with Gasteiger partial charge in [-0.15, -0.1) is 0 Å². The van der Waals surface area contributed by atoms with Crippen LogP contribution < -0.4 is 10.6 Å². The molecule has 0 spiro atoms. The van der Waals surface area contributed by atoms with Gasteiger partial charge < -0.3 is 10.6 Å². The normalized spacial score (nSPS) is 23.5. The zero-order chi connectivity index (χ0) is 10.3. The van der Waals surface area contributed by atoms with Gasteiger partial charge in [0.2, 0.25) is 0 Å². The highest BCUT2D eigenvalue weighted by Crippen LogP contribution is 2.47. The third-order valence-corrected chi connectivity index (χ3v) is 3.67. The summed E-state index contributed by atoms with van der Waals surface area (Å²) in [4.78, 5) is 0. The summed E-state index contributed by atoms with van der Waals surface area (Å²) < 4.78 is 0. The summed E-state index contributed by atoms with van der Waals surface area (Å²) >= 11 is 0. The first-order chi connectivity index (χ1) is 7.30. The van der Waals surface area contributed by atoms with Crippen molar-refractivity contribution >= 4 is 0 Å². The molecule has 1 aromatic carbocycles. The Morgan fingerprint density at radius 3 is 2.53 bits per heavy atom. The third kappa shape index (κ3) is 1.58. The van der Waals surface area contributed by atoms with Crippen molar-refractivity contribution < 1.29 is 0 Å². The van der Waals surface area contributed by atoms with E-state index in [1.165, 1.54) is 24.0 Å². The first-order valence-corrected chi connectivity index (χ1v) is 5.85. The monoisotopic (exact) mass is 202 g/mol. The van der Waals surface area contributed by atoms with E-state index in [-0.39, 0.29) is 0 Å². The van der Waals surface area contributed by atoms with Gasteiger partial charge in [-0.2, -0.15) is 0 Å². The van der Waals surface area contributed by atoms with E-state index in [4.69, 9.17) is 0 Å². The molecular weight excluding hydrogens is 184 g/mol. The molecule has 2 fully saturated rings. The Morgan fingerprint density at radius 2 is 2.00 bits per heavy atom. The van der Waals surface area contributed by atoms with Crippen LogP contribution in [0.4, 0.5) is 0 Å². The minimum Gasteiger partial charge on any atom is -0.314 e. The zero-order valence-corrected chi connectivity index (χ0v) is 9.22. The largest absolute Gasteiger partial charge is 0.314 e. The van der Waals surface area contributed by atoms with Crippen molar-refractivity contribution in [3.05, 3.63) is 35.4 Å². The summed E-state index contributed by atoms with van der Waals surface area (Å²) in [6, 6.07) is 9.47. The van der Waals surface area contributed by atoms with E-state index >= 15 is 0 Å². The molecule has 1 aromatic rings. The SMILES string of the molecule is Cc1ccccc1C1(NC2CNC2)CC1. The van der Waals surface area contributed by atoms with Gasteiger partial charge in [0, 0.05) is 24.7 Å². The number of hydrogen-bond donors (Lipinski definition) is 2. The smallest absolute Gasteiger partial charge is 0.0441 e. The first kappa shape index (κ1) is 9.37. The van der Waals surface area contributed by atoms with Crippen molar-refractivity contribution in [3.63, 3.8) is 0 Å². The van der Waals surface area contributed by atoms with Crippen molar-refractivity contribution in [2.45, 2.75) is 31.3 Å². The highest BCUT2D eigenvalue weighted by atomic mass is 15.2. The Balaban J connectivity index is 1.83. The van der Waals surface area contributed by atoms with Gasteiger partial charge in [-0.25, -0.2) is 0 Å². The summed E-state index contributed by atoms with van der Waals surface area (Å²) in [6.07, 6.45) is 2.60. The van der Waals surface area contributed by atoms with Gasteiger partial charge in [0.05, 0.1) is 0 Å². The fourth-order valence-corrected chi connectivity index (χ4v) is 2.51. The number of rotatable bonds is 3. The van der Waals surface area contributed by atoms with E-state index < -0.39 is 0 Å². The first-order valence-electron chi connectivity index (χ1n) is 5.85. The van der Waals surface area contributed by atoms with Crippen LogP contribution >= 0.6 is 0 Å². The molecule has 15 heavy (non-hydrogen) atoms. The van der Waals surface area contributed by atoms with Crippen LogP contribution in [-0.4, -0.2) is 19.1 Å². The fourth-order valence-electron chi connectivity index (χ4n) is 2.51. The summed E-state index contributed by atoms with van der Waals surface area (Å²) in [5.41, 5.74) is 3.25. The maximum absolute atomic E-state index is 3.80. The second-order valence-corrected chi connectivity index (χ2v) is 4.90. The van der Waals surface area contributed by atoms with Crippen LogP contribution in [0.5, 0.6) is 0 Å². The highest BCUT2D eigenvalue weighted by molar-refractivity contribution is 5.37. The molecule has 2 heteroatoms. The van der Waals surface area contributed by atoms with Crippen molar-refractivity contribution in [1.82, 2.24) is 10.6 Å². The van der Waals surface area contributed by atoms with Crippen molar-refractivity contribution in [1.29, 1.82) is 0 Å². The van der Waals surface area contributed by atoms with Gasteiger partial charge in [0.25, 0.3) is 0 Å². The fraction of sp³-hybridized carbons (Fsp3) is 0.538. The van der Waals surface area contributed by atoms with Gasteiger partial charge in [0.15, 0.2) is 0 Å². The lowest BCUT2D eigenvalue weighted by molar-refractivity contribution is 0.318. The molecule has 2 N–H and O–H groups in total. The molecule has 1 aliphatic carbocycles. The average Bonchev–Trinajstić information content (AvgIpc) is 2.94. The zero-order valence-electron chi connectivity index (χ0n) is 9.22. The Bertz CT molecular complexity index is 365. The molecule has 1 saturated heterocycles. The summed E-state index contributed by atoms with van der Waals surface area (Å²) in [7, 11) is 0. The van der Waals surface area contributed by atoms with Crippen LogP contribution in [0.15, 0.2) is 24.3 Å². The molecule has 3 rings (SSSR count). The second kappa shape index (κ2) is 3.32. The topological polar surface area (TPSA) is 24.1 Å². The van der Waals surface area contributed by atoms with E-state index in [9.17, 15) is 0 Å². The molecule has 0 atom stereocenters.